The van der Waals surface area contributed by atoms with Crippen molar-refractivity contribution in [2.24, 2.45) is 0 Å². The van der Waals surface area contributed by atoms with Gasteiger partial charge in [0.25, 0.3) is 4.96 Å². The largest absolute Gasteiger partial charge is 0.372 e. The Morgan fingerprint density at radius 3 is 3.32 bits per heavy atom. The van der Waals surface area contributed by atoms with Gasteiger partial charge in [0.05, 0.1) is 0 Å². The summed E-state index contributed by atoms with van der Waals surface area (Å²) in [5.41, 5.74) is 0. The Morgan fingerprint density at radius 1 is 1.58 bits per heavy atom. The molecular weight excluding hydrogens is 266 g/mol. The van der Waals surface area contributed by atoms with E-state index in [2.05, 4.69) is 15.6 Å². The minimum atomic E-state index is -0.376. The highest BCUT2D eigenvalue weighted by Crippen LogP contribution is 2.29. The first-order valence-corrected chi connectivity index (χ1v) is 7.21. The Kier molecular flexibility index (Phi) is 3.34. The van der Waals surface area contributed by atoms with E-state index in [0.717, 1.165) is 32.4 Å². The van der Waals surface area contributed by atoms with E-state index in [9.17, 15) is 10.1 Å². The molecular formula is C11H15N5O2S. The first-order chi connectivity index (χ1) is 9.25. The van der Waals surface area contributed by atoms with Crippen LogP contribution in [-0.2, 0) is 0 Å². The van der Waals surface area contributed by atoms with E-state index < -0.39 is 0 Å². The van der Waals surface area contributed by atoms with Gasteiger partial charge >= 0.3 is 5.82 Å². The highest BCUT2D eigenvalue weighted by molar-refractivity contribution is 7.15. The predicted molar refractivity (Wildman–Crippen MR) is 73.9 cm³/mol. The Balaban J connectivity index is 1.88. The maximum Gasteiger partial charge on any atom is 0.372 e. The summed E-state index contributed by atoms with van der Waals surface area (Å²) in [5, 5.41) is 19.5. The van der Waals surface area contributed by atoms with Gasteiger partial charge < -0.3 is 20.7 Å². The Hall–Kier alpha value is -1.67. The van der Waals surface area contributed by atoms with Gasteiger partial charge in [-0.3, -0.25) is 0 Å². The lowest BCUT2D eigenvalue weighted by molar-refractivity contribution is -0.389. The van der Waals surface area contributed by atoms with Crippen molar-refractivity contribution in [3.05, 3.63) is 21.7 Å². The van der Waals surface area contributed by atoms with Gasteiger partial charge in [-0.15, -0.1) is 0 Å². The second kappa shape index (κ2) is 5.14. The van der Waals surface area contributed by atoms with Crippen LogP contribution in [0.15, 0.2) is 11.6 Å². The molecule has 2 aromatic heterocycles. The highest BCUT2D eigenvalue weighted by Gasteiger charge is 2.25. The number of aromatic nitrogens is 2. The summed E-state index contributed by atoms with van der Waals surface area (Å²) in [5.74, 6) is 0.408. The molecule has 1 aliphatic rings. The van der Waals surface area contributed by atoms with Gasteiger partial charge in [-0.25, -0.2) is 0 Å². The van der Waals surface area contributed by atoms with E-state index in [1.54, 1.807) is 11.6 Å². The smallest absolute Gasteiger partial charge is 0.359 e. The summed E-state index contributed by atoms with van der Waals surface area (Å²) in [4.78, 5) is 15.8. The average molecular weight is 281 g/mol. The molecule has 102 valence electrons. The SMILES string of the molecule is O=[N+]([O-])c1c(NC2CCCCNC2)nc2sccn12. The molecule has 0 saturated carbocycles. The molecule has 2 N–H and O–H groups in total. The monoisotopic (exact) mass is 281 g/mol. The molecule has 0 amide bonds. The summed E-state index contributed by atoms with van der Waals surface area (Å²) in [6, 6.07) is 0.200. The number of imidazole rings is 1. The number of anilines is 1. The molecule has 0 bridgehead atoms. The lowest BCUT2D eigenvalue weighted by Gasteiger charge is -2.15. The van der Waals surface area contributed by atoms with Crippen LogP contribution in [0.2, 0.25) is 0 Å². The third-order valence-electron chi connectivity index (χ3n) is 3.30. The van der Waals surface area contributed by atoms with Crippen molar-refractivity contribution >= 4 is 27.9 Å². The fourth-order valence-electron chi connectivity index (χ4n) is 2.38. The van der Waals surface area contributed by atoms with Crippen LogP contribution in [0.5, 0.6) is 0 Å². The Labute approximate surface area is 113 Å². The van der Waals surface area contributed by atoms with Gasteiger partial charge in [-0.1, -0.05) is 17.8 Å². The second-order valence-corrected chi connectivity index (χ2v) is 5.51. The van der Waals surface area contributed by atoms with Gasteiger partial charge in [0.15, 0.2) is 0 Å². The van der Waals surface area contributed by atoms with E-state index in [-0.39, 0.29) is 16.8 Å². The zero-order valence-corrected chi connectivity index (χ0v) is 11.2. The predicted octanol–water partition coefficient (Wildman–Crippen LogP) is 1.86. The van der Waals surface area contributed by atoms with E-state index in [4.69, 9.17) is 0 Å². The van der Waals surface area contributed by atoms with E-state index in [1.165, 1.54) is 15.7 Å². The zero-order chi connectivity index (χ0) is 13.2. The molecule has 1 fully saturated rings. The summed E-state index contributed by atoms with van der Waals surface area (Å²) < 4.78 is 1.52. The Bertz CT molecular complexity index is 585. The van der Waals surface area contributed by atoms with Crippen molar-refractivity contribution < 1.29 is 4.92 Å². The van der Waals surface area contributed by atoms with Gasteiger partial charge in [0.2, 0.25) is 5.82 Å². The van der Waals surface area contributed by atoms with Crippen molar-refractivity contribution in [2.45, 2.75) is 25.3 Å². The van der Waals surface area contributed by atoms with Crippen LogP contribution >= 0.6 is 11.3 Å². The molecule has 0 aliphatic carbocycles. The molecule has 3 rings (SSSR count). The van der Waals surface area contributed by atoms with Gasteiger partial charge in [-0.05, 0) is 24.3 Å². The summed E-state index contributed by atoms with van der Waals surface area (Å²) in [6.07, 6.45) is 4.97. The molecule has 0 aromatic carbocycles. The van der Waals surface area contributed by atoms with Crippen LogP contribution < -0.4 is 10.6 Å². The van der Waals surface area contributed by atoms with E-state index in [1.807, 2.05) is 0 Å². The van der Waals surface area contributed by atoms with E-state index >= 15 is 0 Å². The van der Waals surface area contributed by atoms with Crippen LogP contribution in [-0.4, -0.2) is 33.4 Å². The molecule has 0 radical (unpaired) electrons. The highest BCUT2D eigenvalue weighted by atomic mass is 32.1. The number of hydrogen-bond acceptors (Lipinski definition) is 6. The summed E-state index contributed by atoms with van der Waals surface area (Å²) >= 11 is 1.40. The maximum absolute atomic E-state index is 11.2. The number of thiazole rings is 1. The number of nitrogens with zero attached hydrogens (tertiary/aromatic N) is 3. The van der Waals surface area contributed by atoms with Crippen LogP contribution in [0.3, 0.4) is 0 Å². The van der Waals surface area contributed by atoms with E-state index in [0.29, 0.717) is 10.8 Å². The molecule has 3 heterocycles. The van der Waals surface area contributed by atoms with Crippen molar-refractivity contribution in [3.8, 4) is 0 Å². The summed E-state index contributed by atoms with van der Waals surface area (Å²) in [6.45, 7) is 1.83. The molecule has 1 aliphatic heterocycles. The number of nitrogens with one attached hydrogen (secondary N) is 2. The quantitative estimate of drug-likeness (QED) is 0.662. The topological polar surface area (TPSA) is 84.5 Å². The number of hydrogen-bond donors (Lipinski definition) is 2. The molecule has 7 nitrogen and oxygen atoms in total. The number of rotatable bonds is 3. The third kappa shape index (κ3) is 2.41. The van der Waals surface area contributed by atoms with Crippen molar-refractivity contribution in [3.63, 3.8) is 0 Å². The maximum atomic E-state index is 11.2. The standard InChI is InChI=1S/C11H15N5O2S/c17-16(18)10-9(14-11-15(10)5-6-19-11)13-8-3-1-2-4-12-7-8/h5-6,8,12-13H,1-4,7H2. The molecule has 1 saturated heterocycles. The average Bonchev–Trinajstić information content (AvgIpc) is 2.81. The van der Waals surface area contributed by atoms with Crippen LogP contribution in [0.4, 0.5) is 11.6 Å². The fourth-order valence-corrected chi connectivity index (χ4v) is 3.09. The van der Waals surface area contributed by atoms with Gasteiger partial charge in [-0.2, -0.15) is 9.38 Å². The second-order valence-electron chi connectivity index (χ2n) is 4.64. The first-order valence-electron chi connectivity index (χ1n) is 6.33. The molecule has 19 heavy (non-hydrogen) atoms. The van der Waals surface area contributed by atoms with Crippen molar-refractivity contribution in [1.29, 1.82) is 0 Å². The third-order valence-corrected chi connectivity index (χ3v) is 4.05. The lowest BCUT2D eigenvalue weighted by atomic mass is 10.1. The molecule has 0 spiro atoms. The molecule has 8 heteroatoms. The normalized spacial score (nSPS) is 20.3. The fraction of sp³-hybridized carbons (Fsp3) is 0.545. The van der Waals surface area contributed by atoms with Gasteiger partial charge in [0.1, 0.15) is 6.20 Å². The molecule has 2 aromatic rings. The van der Waals surface area contributed by atoms with Crippen LogP contribution in [0.1, 0.15) is 19.3 Å². The van der Waals surface area contributed by atoms with Crippen molar-refractivity contribution in [2.75, 3.05) is 18.4 Å². The zero-order valence-electron chi connectivity index (χ0n) is 10.3. The lowest BCUT2D eigenvalue weighted by Crippen LogP contribution is -2.31. The number of fused-ring (bicyclic) bond motifs is 1. The van der Waals surface area contributed by atoms with Gasteiger partial charge in [0, 0.05) is 18.0 Å². The van der Waals surface area contributed by atoms with Crippen LogP contribution in [0, 0.1) is 10.1 Å². The molecule has 1 unspecified atom stereocenters. The summed E-state index contributed by atoms with van der Waals surface area (Å²) in [7, 11) is 0. The van der Waals surface area contributed by atoms with Crippen LogP contribution in [0.25, 0.3) is 4.96 Å². The minimum Gasteiger partial charge on any atom is -0.359 e. The molecule has 1 atom stereocenters. The first kappa shape index (κ1) is 12.4. The number of nitro groups is 1. The van der Waals surface area contributed by atoms with Crippen molar-refractivity contribution in [1.82, 2.24) is 14.7 Å². The minimum absolute atomic E-state index is 0.0282. The Morgan fingerprint density at radius 2 is 2.47 bits per heavy atom.